The van der Waals surface area contributed by atoms with Gasteiger partial charge in [-0.2, -0.15) is 0 Å². The van der Waals surface area contributed by atoms with Gasteiger partial charge in [-0.05, 0) is 25.0 Å². The summed E-state index contributed by atoms with van der Waals surface area (Å²) in [5.41, 5.74) is 1.01. The van der Waals surface area contributed by atoms with Gasteiger partial charge in [0.1, 0.15) is 5.75 Å². The molecule has 116 valence electrons. The number of ether oxygens (including phenoxy) is 1. The van der Waals surface area contributed by atoms with E-state index in [4.69, 9.17) is 9.84 Å². The van der Waals surface area contributed by atoms with Crippen LogP contribution in [0.3, 0.4) is 0 Å². The normalized spacial score (nSPS) is 14.9. The van der Waals surface area contributed by atoms with Crippen LogP contribution in [-0.4, -0.2) is 30.1 Å². The van der Waals surface area contributed by atoms with Gasteiger partial charge in [0.2, 0.25) is 5.91 Å². The summed E-state index contributed by atoms with van der Waals surface area (Å²) < 4.78 is 5.28. The van der Waals surface area contributed by atoms with E-state index < -0.39 is 17.8 Å². The summed E-state index contributed by atoms with van der Waals surface area (Å²) >= 11 is 0. The Kier molecular flexibility index (Phi) is 6.21. The van der Waals surface area contributed by atoms with Crippen LogP contribution in [0, 0.1) is 11.8 Å². The van der Waals surface area contributed by atoms with Gasteiger partial charge in [0.05, 0.1) is 13.0 Å². The number of nitrogens with one attached hydrogen (secondary N) is 1. The van der Waals surface area contributed by atoms with E-state index in [2.05, 4.69) is 5.32 Å². The third kappa shape index (κ3) is 4.77. The van der Waals surface area contributed by atoms with E-state index in [1.807, 2.05) is 31.2 Å². The van der Waals surface area contributed by atoms with Crippen molar-refractivity contribution in [2.45, 2.75) is 33.2 Å². The molecule has 0 aliphatic rings. The summed E-state index contributed by atoms with van der Waals surface area (Å²) in [6.45, 7) is 5.06. The van der Waals surface area contributed by atoms with Crippen molar-refractivity contribution < 1.29 is 19.4 Å². The fourth-order valence-corrected chi connectivity index (χ4v) is 2.07. The molecule has 3 atom stereocenters. The molecule has 1 aromatic carbocycles. The fourth-order valence-electron chi connectivity index (χ4n) is 2.07. The number of carboxylic acids is 1. The molecule has 1 amide bonds. The topological polar surface area (TPSA) is 75.6 Å². The zero-order valence-electron chi connectivity index (χ0n) is 12.9. The number of carbonyl (C=O) groups excluding carboxylic acids is 1. The highest BCUT2D eigenvalue weighted by Crippen LogP contribution is 2.19. The molecule has 5 nitrogen and oxygen atoms in total. The van der Waals surface area contributed by atoms with Crippen molar-refractivity contribution in [3.05, 3.63) is 29.8 Å². The molecule has 0 radical (unpaired) electrons. The highest BCUT2D eigenvalue weighted by Gasteiger charge is 2.26. The molecule has 1 rings (SSSR count). The van der Waals surface area contributed by atoms with Crippen LogP contribution in [0.5, 0.6) is 5.75 Å². The molecule has 0 spiro atoms. The van der Waals surface area contributed by atoms with E-state index in [0.29, 0.717) is 6.42 Å². The van der Waals surface area contributed by atoms with Gasteiger partial charge in [0, 0.05) is 12.0 Å². The minimum absolute atomic E-state index is 0.0998. The highest BCUT2D eigenvalue weighted by molar-refractivity contribution is 5.84. The van der Waals surface area contributed by atoms with Crippen LogP contribution in [0.1, 0.15) is 26.3 Å². The average Bonchev–Trinajstić information content (AvgIpc) is 2.45. The SMILES string of the molecule is COc1ccccc1CC(C)NC(=O)C(C)C(C)C(=O)O. The minimum Gasteiger partial charge on any atom is -0.496 e. The molecule has 0 aliphatic heterocycles. The van der Waals surface area contributed by atoms with Crippen LogP contribution in [0.2, 0.25) is 0 Å². The molecule has 0 aromatic heterocycles. The van der Waals surface area contributed by atoms with Gasteiger partial charge < -0.3 is 15.2 Å². The van der Waals surface area contributed by atoms with Crippen molar-refractivity contribution in [1.82, 2.24) is 5.32 Å². The number of hydrogen-bond acceptors (Lipinski definition) is 3. The predicted molar refractivity (Wildman–Crippen MR) is 80.3 cm³/mol. The van der Waals surface area contributed by atoms with E-state index in [0.717, 1.165) is 11.3 Å². The van der Waals surface area contributed by atoms with Gasteiger partial charge in [-0.15, -0.1) is 0 Å². The zero-order valence-corrected chi connectivity index (χ0v) is 12.9. The number of carboxylic acid groups (broad SMARTS) is 1. The van der Waals surface area contributed by atoms with Crippen LogP contribution < -0.4 is 10.1 Å². The van der Waals surface area contributed by atoms with E-state index in [1.54, 1.807) is 14.0 Å². The Labute approximate surface area is 125 Å². The molecule has 0 heterocycles. The Bertz CT molecular complexity index is 501. The summed E-state index contributed by atoms with van der Waals surface area (Å²) in [5.74, 6) is -1.70. The Morgan fingerprint density at radius 2 is 1.81 bits per heavy atom. The van der Waals surface area contributed by atoms with E-state index in [1.165, 1.54) is 6.92 Å². The quantitative estimate of drug-likeness (QED) is 0.807. The maximum atomic E-state index is 12.0. The summed E-state index contributed by atoms with van der Waals surface area (Å²) in [7, 11) is 1.61. The maximum absolute atomic E-state index is 12.0. The Morgan fingerprint density at radius 1 is 1.19 bits per heavy atom. The summed E-state index contributed by atoms with van der Waals surface area (Å²) in [6.07, 6.45) is 0.629. The monoisotopic (exact) mass is 293 g/mol. The number of benzene rings is 1. The van der Waals surface area contributed by atoms with Crippen LogP contribution in [0.25, 0.3) is 0 Å². The molecule has 1 aromatic rings. The van der Waals surface area contributed by atoms with Gasteiger partial charge >= 0.3 is 5.97 Å². The van der Waals surface area contributed by atoms with Crippen molar-refractivity contribution in [1.29, 1.82) is 0 Å². The average molecular weight is 293 g/mol. The molecule has 0 fully saturated rings. The second-order valence-corrected chi connectivity index (χ2v) is 5.34. The smallest absolute Gasteiger partial charge is 0.307 e. The molecule has 3 unspecified atom stereocenters. The number of amides is 1. The lowest BCUT2D eigenvalue weighted by Gasteiger charge is -2.20. The largest absolute Gasteiger partial charge is 0.496 e. The Balaban J connectivity index is 2.63. The van der Waals surface area contributed by atoms with Crippen molar-refractivity contribution in [3.8, 4) is 5.75 Å². The molecule has 0 saturated heterocycles. The van der Waals surface area contributed by atoms with Crippen molar-refractivity contribution in [2.75, 3.05) is 7.11 Å². The molecule has 0 bridgehead atoms. The van der Waals surface area contributed by atoms with Crippen LogP contribution in [0.15, 0.2) is 24.3 Å². The van der Waals surface area contributed by atoms with Gasteiger partial charge in [-0.3, -0.25) is 9.59 Å². The predicted octanol–water partition coefficient (Wildman–Crippen LogP) is 2.10. The maximum Gasteiger partial charge on any atom is 0.307 e. The number of carbonyl (C=O) groups is 2. The molecule has 21 heavy (non-hydrogen) atoms. The van der Waals surface area contributed by atoms with Gasteiger partial charge in [-0.25, -0.2) is 0 Å². The van der Waals surface area contributed by atoms with E-state index in [9.17, 15) is 9.59 Å². The first-order valence-electron chi connectivity index (χ1n) is 7.01. The standard InChI is InChI=1S/C16H23NO4/c1-10(9-13-7-5-6-8-14(13)21-4)17-15(18)11(2)12(3)16(19)20/h5-8,10-12H,9H2,1-4H3,(H,17,18)(H,19,20). The number of aliphatic carboxylic acids is 1. The Morgan fingerprint density at radius 3 is 2.38 bits per heavy atom. The number of hydrogen-bond donors (Lipinski definition) is 2. The molecule has 0 saturated carbocycles. The second-order valence-electron chi connectivity index (χ2n) is 5.34. The summed E-state index contributed by atoms with van der Waals surface area (Å²) in [6, 6.07) is 7.53. The first-order valence-corrected chi connectivity index (χ1v) is 7.01. The van der Waals surface area contributed by atoms with Crippen molar-refractivity contribution in [2.24, 2.45) is 11.8 Å². The van der Waals surface area contributed by atoms with Crippen LogP contribution in [0.4, 0.5) is 0 Å². The molecule has 5 heteroatoms. The lowest BCUT2D eigenvalue weighted by Crippen LogP contribution is -2.40. The number of methoxy groups -OCH3 is 1. The van der Waals surface area contributed by atoms with Crippen molar-refractivity contribution >= 4 is 11.9 Å². The fraction of sp³-hybridized carbons (Fsp3) is 0.500. The Hall–Kier alpha value is -2.04. The minimum atomic E-state index is -0.963. The van der Waals surface area contributed by atoms with Gasteiger partial charge in [0.15, 0.2) is 0 Å². The third-order valence-corrected chi connectivity index (χ3v) is 3.66. The number of rotatable bonds is 7. The summed E-state index contributed by atoms with van der Waals surface area (Å²) in [5, 5.41) is 11.8. The van der Waals surface area contributed by atoms with Gasteiger partial charge in [0.25, 0.3) is 0 Å². The van der Waals surface area contributed by atoms with E-state index in [-0.39, 0.29) is 11.9 Å². The number of para-hydroxylation sites is 1. The second kappa shape index (κ2) is 7.67. The van der Waals surface area contributed by atoms with Crippen LogP contribution in [-0.2, 0) is 16.0 Å². The molecule has 0 aliphatic carbocycles. The summed E-state index contributed by atoms with van der Waals surface area (Å²) in [4.78, 5) is 22.9. The zero-order chi connectivity index (χ0) is 16.0. The van der Waals surface area contributed by atoms with Crippen molar-refractivity contribution in [3.63, 3.8) is 0 Å². The third-order valence-electron chi connectivity index (χ3n) is 3.66. The molecule has 2 N–H and O–H groups in total. The highest BCUT2D eigenvalue weighted by atomic mass is 16.5. The van der Waals surface area contributed by atoms with Crippen LogP contribution >= 0.6 is 0 Å². The molecular formula is C16H23NO4. The lowest BCUT2D eigenvalue weighted by molar-refractivity contribution is -0.146. The molecular weight excluding hydrogens is 270 g/mol. The first kappa shape index (κ1) is 17.0. The van der Waals surface area contributed by atoms with Gasteiger partial charge in [-0.1, -0.05) is 32.0 Å². The first-order chi connectivity index (χ1) is 9.86. The van der Waals surface area contributed by atoms with E-state index >= 15 is 0 Å². The lowest BCUT2D eigenvalue weighted by atomic mass is 9.94.